The molecular weight excluding hydrogens is 384 g/mol. The Kier molecular flexibility index (Phi) is 3.73. The second kappa shape index (κ2) is 6.60. The van der Waals surface area contributed by atoms with Gasteiger partial charge in [0.2, 0.25) is 0 Å². The summed E-state index contributed by atoms with van der Waals surface area (Å²) in [6.07, 6.45) is 0. The number of fused-ring (bicyclic) bond motifs is 4. The first-order valence-electron chi connectivity index (χ1n) is 10.1. The highest BCUT2D eigenvalue weighted by molar-refractivity contribution is 6.24. The summed E-state index contributed by atoms with van der Waals surface area (Å²) >= 11 is 0. The van der Waals surface area contributed by atoms with Gasteiger partial charge in [-0.25, -0.2) is 19.6 Å². The van der Waals surface area contributed by atoms with E-state index >= 15 is 0 Å². The van der Waals surface area contributed by atoms with Gasteiger partial charge < -0.3 is 5.73 Å². The average molecular weight is 402 g/mol. The molecule has 0 bridgehead atoms. The molecule has 5 aromatic rings. The van der Waals surface area contributed by atoms with Crippen LogP contribution in [0.2, 0.25) is 0 Å². The Balaban J connectivity index is 1.65. The number of benzene rings is 3. The van der Waals surface area contributed by atoms with Crippen molar-refractivity contribution in [1.82, 2.24) is 19.7 Å². The Morgan fingerprint density at radius 2 is 1.48 bits per heavy atom. The fourth-order valence-electron chi connectivity index (χ4n) is 4.01. The van der Waals surface area contributed by atoms with Gasteiger partial charge >= 0.3 is 0 Å². The zero-order chi connectivity index (χ0) is 20.9. The van der Waals surface area contributed by atoms with Gasteiger partial charge in [0, 0.05) is 11.1 Å². The van der Waals surface area contributed by atoms with Crippen molar-refractivity contribution in [3.63, 3.8) is 0 Å². The van der Waals surface area contributed by atoms with Crippen molar-refractivity contribution < 1.29 is 0 Å². The molecular formula is C25H18N6. The lowest BCUT2D eigenvalue weighted by molar-refractivity contribution is 0.878. The molecule has 6 rings (SSSR count). The molecule has 0 saturated carbocycles. The van der Waals surface area contributed by atoms with Crippen molar-refractivity contribution in [1.29, 1.82) is 0 Å². The van der Waals surface area contributed by atoms with Crippen LogP contribution in [0.15, 0.2) is 83.9 Å². The average Bonchev–Trinajstić information content (AvgIpc) is 3.29. The molecule has 1 aliphatic rings. The Morgan fingerprint density at radius 1 is 0.774 bits per heavy atom. The fourth-order valence-corrected chi connectivity index (χ4v) is 4.01. The number of hydrogen-bond donors (Lipinski definition) is 1. The molecule has 1 aliphatic carbocycles. The van der Waals surface area contributed by atoms with E-state index in [1.54, 1.807) is 0 Å². The molecule has 2 heterocycles. The van der Waals surface area contributed by atoms with Crippen LogP contribution >= 0.6 is 0 Å². The molecule has 0 spiro atoms. The summed E-state index contributed by atoms with van der Waals surface area (Å²) in [5.74, 6) is 0. The van der Waals surface area contributed by atoms with Crippen LogP contribution in [-0.2, 0) is 0 Å². The van der Waals surface area contributed by atoms with Crippen LogP contribution in [0.1, 0.15) is 17.0 Å². The summed E-state index contributed by atoms with van der Waals surface area (Å²) in [6.45, 7) is 1.96. The number of nitrogen functional groups attached to an aromatic ring is 1. The SMILES string of the molecule is Cc1nn(-c2ccccc2)c2nc3c(nc12)C(=Nc1ccccc1N)c1ccccc1-3. The summed E-state index contributed by atoms with van der Waals surface area (Å²) in [4.78, 5) is 14.9. The first-order chi connectivity index (χ1) is 15.2. The molecule has 0 radical (unpaired) electrons. The second-order valence-electron chi connectivity index (χ2n) is 7.49. The molecule has 148 valence electrons. The maximum Gasteiger partial charge on any atom is 0.182 e. The number of nitrogens with zero attached hydrogens (tertiary/aromatic N) is 5. The van der Waals surface area contributed by atoms with Crippen LogP contribution in [0.3, 0.4) is 0 Å². The lowest BCUT2D eigenvalue weighted by Crippen LogP contribution is -2.03. The topological polar surface area (TPSA) is 82.0 Å². The zero-order valence-electron chi connectivity index (χ0n) is 16.8. The number of aryl methyl sites for hydroxylation is 1. The molecule has 6 heteroatoms. The summed E-state index contributed by atoms with van der Waals surface area (Å²) in [5, 5.41) is 4.71. The zero-order valence-corrected chi connectivity index (χ0v) is 16.8. The first-order valence-corrected chi connectivity index (χ1v) is 10.1. The van der Waals surface area contributed by atoms with E-state index in [0.29, 0.717) is 5.69 Å². The van der Waals surface area contributed by atoms with E-state index in [1.807, 2.05) is 78.3 Å². The Labute approximate surface area is 178 Å². The van der Waals surface area contributed by atoms with Crippen molar-refractivity contribution in [3.05, 3.63) is 95.8 Å². The third-order valence-electron chi connectivity index (χ3n) is 5.50. The minimum atomic E-state index is 0.628. The van der Waals surface area contributed by atoms with Gasteiger partial charge in [-0.2, -0.15) is 5.10 Å². The number of hydrogen-bond acceptors (Lipinski definition) is 5. The first kappa shape index (κ1) is 17.5. The number of rotatable bonds is 2. The third-order valence-corrected chi connectivity index (χ3v) is 5.50. The van der Waals surface area contributed by atoms with Gasteiger partial charge in [0.1, 0.15) is 16.9 Å². The molecule has 0 amide bonds. The van der Waals surface area contributed by atoms with Gasteiger partial charge in [0.15, 0.2) is 5.65 Å². The van der Waals surface area contributed by atoms with Crippen molar-refractivity contribution >= 4 is 28.3 Å². The van der Waals surface area contributed by atoms with E-state index in [2.05, 4.69) is 12.1 Å². The van der Waals surface area contributed by atoms with E-state index in [0.717, 1.165) is 56.5 Å². The summed E-state index contributed by atoms with van der Waals surface area (Å²) in [6, 6.07) is 25.7. The Bertz CT molecular complexity index is 1500. The van der Waals surface area contributed by atoms with Crippen molar-refractivity contribution in [3.8, 4) is 16.9 Å². The van der Waals surface area contributed by atoms with Gasteiger partial charge in [-0.15, -0.1) is 0 Å². The maximum atomic E-state index is 6.16. The normalized spacial score (nSPS) is 13.5. The highest BCUT2D eigenvalue weighted by atomic mass is 15.3. The molecule has 0 fully saturated rings. The molecule has 2 aromatic heterocycles. The minimum Gasteiger partial charge on any atom is -0.397 e. The van der Waals surface area contributed by atoms with Gasteiger partial charge in [-0.05, 0) is 31.2 Å². The highest BCUT2D eigenvalue weighted by Gasteiger charge is 2.30. The number of para-hydroxylation sites is 3. The minimum absolute atomic E-state index is 0.628. The van der Waals surface area contributed by atoms with Gasteiger partial charge in [0.05, 0.1) is 28.5 Å². The van der Waals surface area contributed by atoms with Gasteiger partial charge in [-0.3, -0.25) is 0 Å². The Hall–Kier alpha value is -4.32. The molecule has 0 aliphatic heterocycles. The standard InChI is InChI=1S/C25H18N6/c1-15-21-25(31(30-15)16-9-3-2-4-10-16)29-23-18-12-6-5-11-17(18)22(24(23)28-21)27-20-14-8-7-13-19(20)26/h2-14H,26H2,1H3. The molecule has 3 aromatic carbocycles. The molecule has 0 atom stereocenters. The summed E-state index contributed by atoms with van der Waals surface area (Å²) < 4.78 is 1.85. The van der Waals surface area contributed by atoms with Crippen LogP contribution < -0.4 is 5.73 Å². The van der Waals surface area contributed by atoms with E-state index < -0.39 is 0 Å². The van der Waals surface area contributed by atoms with Crippen LogP contribution in [0.25, 0.3) is 28.1 Å². The van der Waals surface area contributed by atoms with Crippen LogP contribution in [0, 0.1) is 6.92 Å². The monoisotopic (exact) mass is 402 g/mol. The van der Waals surface area contributed by atoms with Crippen LogP contribution in [0.5, 0.6) is 0 Å². The molecule has 0 unspecified atom stereocenters. The highest BCUT2D eigenvalue weighted by Crippen LogP contribution is 2.38. The van der Waals surface area contributed by atoms with Crippen molar-refractivity contribution in [2.75, 3.05) is 5.73 Å². The third kappa shape index (κ3) is 2.65. The van der Waals surface area contributed by atoms with Gasteiger partial charge in [-0.1, -0.05) is 54.6 Å². The van der Waals surface area contributed by atoms with Crippen LogP contribution in [0.4, 0.5) is 11.4 Å². The number of anilines is 1. The predicted octanol–water partition coefficient (Wildman–Crippen LogP) is 4.86. The fraction of sp³-hybridized carbons (Fsp3) is 0.0400. The smallest absolute Gasteiger partial charge is 0.182 e. The van der Waals surface area contributed by atoms with E-state index in [-0.39, 0.29) is 0 Å². The van der Waals surface area contributed by atoms with Gasteiger partial charge in [0.25, 0.3) is 0 Å². The maximum absolute atomic E-state index is 6.16. The lowest BCUT2D eigenvalue weighted by atomic mass is 10.1. The van der Waals surface area contributed by atoms with E-state index in [9.17, 15) is 0 Å². The number of nitrogens with two attached hydrogens (primary N) is 1. The van der Waals surface area contributed by atoms with Crippen molar-refractivity contribution in [2.45, 2.75) is 6.92 Å². The lowest BCUT2D eigenvalue weighted by Gasteiger charge is -2.05. The van der Waals surface area contributed by atoms with Crippen molar-refractivity contribution in [2.24, 2.45) is 4.99 Å². The van der Waals surface area contributed by atoms with Crippen LogP contribution in [-0.4, -0.2) is 25.5 Å². The predicted molar refractivity (Wildman–Crippen MR) is 123 cm³/mol. The largest absolute Gasteiger partial charge is 0.397 e. The molecule has 2 N–H and O–H groups in total. The molecule has 31 heavy (non-hydrogen) atoms. The Morgan fingerprint density at radius 3 is 2.29 bits per heavy atom. The van der Waals surface area contributed by atoms with E-state index in [1.165, 1.54) is 0 Å². The quantitative estimate of drug-likeness (QED) is 0.420. The number of aliphatic imine (C=N–C) groups is 1. The summed E-state index contributed by atoms with van der Waals surface area (Å²) in [7, 11) is 0. The summed E-state index contributed by atoms with van der Waals surface area (Å²) in [5.41, 5.74) is 15.2. The van der Waals surface area contributed by atoms with E-state index in [4.69, 9.17) is 25.8 Å². The molecule has 6 nitrogen and oxygen atoms in total. The molecule has 0 saturated heterocycles. The second-order valence-corrected chi connectivity index (χ2v) is 7.49. The number of aromatic nitrogens is 4.